The molecule has 0 bridgehead atoms. The Bertz CT molecular complexity index is 532. The molecule has 0 aromatic heterocycles. The minimum absolute atomic E-state index is 0.0801. The second-order valence-electron chi connectivity index (χ2n) is 6.90. The van der Waals surface area contributed by atoms with Crippen LogP contribution in [0, 0.1) is 11.8 Å². The molecule has 2 aliphatic carbocycles. The maximum Gasteiger partial charge on any atom is 0.0588 e. The third-order valence-corrected chi connectivity index (χ3v) is 5.85. The van der Waals surface area contributed by atoms with Crippen LogP contribution in [0.5, 0.6) is 0 Å². The summed E-state index contributed by atoms with van der Waals surface area (Å²) in [5, 5.41) is 13.7. The lowest BCUT2D eigenvalue weighted by Crippen LogP contribution is -2.26. The zero-order valence-corrected chi connectivity index (χ0v) is 13.8. The maximum atomic E-state index is 10.1. The van der Waals surface area contributed by atoms with Gasteiger partial charge in [-0.3, -0.25) is 0 Å². The molecular formula is C17H23BrN2O. The van der Waals surface area contributed by atoms with E-state index in [1.807, 2.05) is 0 Å². The fourth-order valence-electron chi connectivity index (χ4n) is 3.98. The SMILES string of the molecule is OC1CCC2CN(c3ccc(Br)cc3CNC3CC3)CC12. The molecule has 0 spiro atoms. The van der Waals surface area contributed by atoms with Crippen LogP contribution in [0.25, 0.3) is 0 Å². The van der Waals surface area contributed by atoms with Crippen molar-refractivity contribution in [3.63, 3.8) is 0 Å². The van der Waals surface area contributed by atoms with E-state index in [9.17, 15) is 5.11 Å². The highest BCUT2D eigenvalue weighted by Gasteiger charge is 2.42. The molecule has 3 nitrogen and oxygen atoms in total. The molecule has 1 aromatic rings. The van der Waals surface area contributed by atoms with Crippen molar-refractivity contribution < 1.29 is 5.11 Å². The summed E-state index contributed by atoms with van der Waals surface area (Å²) in [6.07, 6.45) is 4.75. The van der Waals surface area contributed by atoms with Gasteiger partial charge in [-0.05, 0) is 55.4 Å². The second kappa shape index (κ2) is 5.56. The largest absolute Gasteiger partial charge is 0.393 e. The number of nitrogens with one attached hydrogen (secondary N) is 1. The Morgan fingerprint density at radius 3 is 2.81 bits per heavy atom. The Morgan fingerprint density at radius 2 is 2.05 bits per heavy atom. The van der Waals surface area contributed by atoms with E-state index in [0.29, 0.717) is 11.8 Å². The lowest BCUT2D eigenvalue weighted by Gasteiger charge is -2.24. The summed E-state index contributed by atoms with van der Waals surface area (Å²) in [7, 11) is 0. The van der Waals surface area contributed by atoms with Crippen molar-refractivity contribution in [2.45, 2.75) is 44.4 Å². The van der Waals surface area contributed by atoms with Gasteiger partial charge in [0, 0.05) is 41.8 Å². The number of aliphatic hydroxyl groups excluding tert-OH is 1. The van der Waals surface area contributed by atoms with E-state index in [0.717, 1.165) is 36.6 Å². The average Bonchev–Trinajstić information content (AvgIpc) is 3.11. The number of fused-ring (bicyclic) bond motifs is 1. The summed E-state index contributed by atoms with van der Waals surface area (Å²) < 4.78 is 1.15. The van der Waals surface area contributed by atoms with Gasteiger partial charge in [-0.1, -0.05) is 15.9 Å². The zero-order chi connectivity index (χ0) is 14.4. The minimum atomic E-state index is -0.0801. The van der Waals surface area contributed by atoms with Crippen molar-refractivity contribution in [3.8, 4) is 0 Å². The number of nitrogens with zero attached hydrogens (tertiary/aromatic N) is 1. The average molecular weight is 351 g/mol. The molecule has 1 saturated heterocycles. The summed E-state index contributed by atoms with van der Waals surface area (Å²) >= 11 is 3.60. The molecule has 3 unspecified atom stereocenters. The van der Waals surface area contributed by atoms with Crippen LogP contribution in [-0.2, 0) is 6.54 Å². The maximum absolute atomic E-state index is 10.1. The van der Waals surface area contributed by atoms with Crippen LogP contribution in [-0.4, -0.2) is 30.3 Å². The van der Waals surface area contributed by atoms with Gasteiger partial charge < -0.3 is 15.3 Å². The van der Waals surface area contributed by atoms with Gasteiger partial charge in [0.2, 0.25) is 0 Å². The first-order valence-electron chi connectivity index (χ1n) is 8.15. The van der Waals surface area contributed by atoms with Crippen LogP contribution in [0.4, 0.5) is 5.69 Å². The summed E-state index contributed by atoms with van der Waals surface area (Å²) in [5.74, 6) is 1.17. The number of benzene rings is 1. The molecule has 1 aromatic carbocycles. The van der Waals surface area contributed by atoms with Gasteiger partial charge in [0.1, 0.15) is 0 Å². The van der Waals surface area contributed by atoms with Gasteiger partial charge in [-0.2, -0.15) is 0 Å². The van der Waals surface area contributed by atoms with Crippen molar-refractivity contribution in [2.24, 2.45) is 11.8 Å². The zero-order valence-electron chi connectivity index (χ0n) is 12.3. The van der Waals surface area contributed by atoms with E-state index in [2.05, 4.69) is 44.3 Å². The van der Waals surface area contributed by atoms with Crippen LogP contribution in [0.3, 0.4) is 0 Å². The topological polar surface area (TPSA) is 35.5 Å². The lowest BCUT2D eigenvalue weighted by molar-refractivity contribution is 0.133. The molecule has 2 saturated carbocycles. The molecule has 0 amide bonds. The third-order valence-electron chi connectivity index (χ3n) is 5.36. The first-order chi connectivity index (χ1) is 10.2. The van der Waals surface area contributed by atoms with Gasteiger partial charge >= 0.3 is 0 Å². The highest BCUT2D eigenvalue weighted by Crippen LogP contribution is 2.41. The van der Waals surface area contributed by atoms with Crippen LogP contribution < -0.4 is 10.2 Å². The van der Waals surface area contributed by atoms with Crippen molar-refractivity contribution in [1.29, 1.82) is 0 Å². The Hall–Kier alpha value is -0.580. The van der Waals surface area contributed by atoms with E-state index in [1.165, 1.54) is 30.5 Å². The van der Waals surface area contributed by atoms with Crippen molar-refractivity contribution in [1.82, 2.24) is 5.32 Å². The van der Waals surface area contributed by atoms with Crippen molar-refractivity contribution in [2.75, 3.05) is 18.0 Å². The quantitative estimate of drug-likeness (QED) is 0.876. The van der Waals surface area contributed by atoms with Gasteiger partial charge in [-0.25, -0.2) is 0 Å². The number of halogens is 1. The number of hydrogen-bond donors (Lipinski definition) is 2. The lowest BCUT2D eigenvalue weighted by atomic mass is 10.00. The molecule has 0 radical (unpaired) electrons. The number of anilines is 1. The number of aliphatic hydroxyl groups is 1. The van der Waals surface area contributed by atoms with Crippen LogP contribution in [0.15, 0.2) is 22.7 Å². The normalized spacial score (nSPS) is 31.7. The number of rotatable bonds is 4. The van der Waals surface area contributed by atoms with E-state index < -0.39 is 0 Å². The molecule has 1 heterocycles. The summed E-state index contributed by atoms with van der Waals surface area (Å²) in [5.41, 5.74) is 2.73. The highest BCUT2D eigenvalue weighted by molar-refractivity contribution is 9.10. The van der Waals surface area contributed by atoms with Gasteiger partial charge in [0.15, 0.2) is 0 Å². The standard InChI is InChI=1S/C17H23BrN2O/c18-13-2-5-16(12(7-13)8-19-14-3-4-14)20-9-11-1-6-17(21)15(11)10-20/h2,5,7,11,14-15,17,19,21H,1,3-4,6,8-10H2. The molecule has 114 valence electrons. The van der Waals surface area contributed by atoms with E-state index in [1.54, 1.807) is 0 Å². The van der Waals surface area contributed by atoms with Gasteiger partial charge in [0.05, 0.1) is 6.10 Å². The Labute approximate surface area is 134 Å². The highest BCUT2D eigenvalue weighted by atomic mass is 79.9. The first-order valence-corrected chi connectivity index (χ1v) is 8.95. The monoisotopic (exact) mass is 350 g/mol. The molecule has 3 aliphatic rings. The molecule has 4 heteroatoms. The molecule has 21 heavy (non-hydrogen) atoms. The van der Waals surface area contributed by atoms with Crippen molar-refractivity contribution in [3.05, 3.63) is 28.2 Å². The smallest absolute Gasteiger partial charge is 0.0588 e. The molecular weight excluding hydrogens is 328 g/mol. The molecule has 3 atom stereocenters. The fraction of sp³-hybridized carbons (Fsp3) is 0.647. The van der Waals surface area contributed by atoms with E-state index >= 15 is 0 Å². The van der Waals surface area contributed by atoms with Gasteiger partial charge in [0.25, 0.3) is 0 Å². The van der Waals surface area contributed by atoms with Gasteiger partial charge in [-0.15, -0.1) is 0 Å². The van der Waals surface area contributed by atoms with Crippen LogP contribution in [0.2, 0.25) is 0 Å². The Balaban J connectivity index is 1.53. The summed E-state index contributed by atoms with van der Waals surface area (Å²) in [6, 6.07) is 7.36. The minimum Gasteiger partial charge on any atom is -0.393 e. The molecule has 4 rings (SSSR count). The van der Waals surface area contributed by atoms with E-state index in [-0.39, 0.29) is 6.10 Å². The van der Waals surface area contributed by atoms with Crippen molar-refractivity contribution >= 4 is 21.6 Å². The molecule has 2 N–H and O–H groups in total. The predicted octanol–water partition coefficient (Wildman–Crippen LogP) is 2.91. The second-order valence-corrected chi connectivity index (χ2v) is 7.82. The van der Waals surface area contributed by atoms with E-state index in [4.69, 9.17) is 0 Å². The molecule has 3 fully saturated rings. The summed E-state index contributed by atoms with van der Waals surface area (Å²) in [4.78, 5) is 2.49. The number of hydrogen-bond acceptors (Lipinski definition) is 3. The summed E-state index contributed by atoms with van der Waals surface area (Å²) in [6.45, 7) is 3.08. The Morgan fingerprint density at radius 1 is 1.19 bits per heavy atom. The first kappa shape index (κ1) is 14.0. The molecule has 1 aliphatic heterocycles. The predicted molar refractivity (Wildman–Crippen MR) is 88.4 cm³/mol. The van der Waals surface area contributed by atoms with Crippen LogP contribution in [0.1, 0.15) is 31.2 Å². The Kier molecular flexibility index (Phi) is 3.72. The fourth-order valence-corrected chi connectivity index (χ4v) is 4.39. The van der Waals surface area contributed by atoms with Crippen LogP contribution >= 0.6 is 15.9 Å². The third kappa shape index (κ3) is 2.86.